The summed E-state index contributed by atoms with van der Waals surface area (Å²) < 4.78 is 15.8. The lowest BCUT2D eigenvalue weighted by atomic mass is 10.1. The first kappa shape index (κ1) is 16.2. The summed E-state index contributed by atoms with van der Waals surface area (Å²) in [6.45, 7) is 1.75. The first-order chi connectivity index (χ1) is 12.6. The minimum atomic E-state index is -0.534. The van der Waals surface area contributed by atoms with Crippen LogP contribution in [-0.2, 0) is 6.61 Å². The highest BCUT2D eigenvalue weighted by atomic mass is 19.1. The Morgan fingerprint density at radius 1 is 1.12 bits per heavy atom. The van der Waals surface area contributed by atoms with Crippen molar-refractivity contribution in [2.45, 2.75) is 13.5 Å². The van der Waals surface area contributed by atoms with E-state index in [4.69, 9.17) is 0 Å². The third-order valence-electron chi connectivity index (χ3n) is 4.28. The van der Waals surface area contributed by atoms with Crippen LogP contribution in [0, 0.1) is 12.7 Å². The Morgan fingerprint density at radius 3 is 2.69 bits per heavy atom. The molecule has 2 aromatic heterocycles. The molecule has 0 spiro atoms. The summed E-state index contributed by atoms with van der Waals surface area (Å²) in [4.78, 5) is 8.32. The SMILES string of the molecule is Cc1cn(-c2nc(Nc3ccc4ccccc4c3)ncc2F)cc1CO. The fraction of sp³-hybridized carbons (Fsp3) is 0.100. The van der Waals surface area contributed by atoms with Gasteiger partial charge < -0.3 is 15.0 Å². The van der Waals surface area contributed by atoms with Crippen LogP contribution in [0.2, 0.25) is 0 Å². The highest BCUT2D eigenvalue weighted by Crippen LogP contribution is 2.22. The van der Waals surface area contributed by atoms with Crippen LogP contribution in [0.1, 0.15) is 11.1 Å². The fourth-order valence-electron chi connectivity index (χ4n) is 2.88. The number of hydrogen-bond donors (Lipinski definition) is 2. The van der Waals surface area contributed by atoms with Gasteiger partial charge in [-0.2, -0.15) is 4.98 Å². The van der Waals surface area contributed by atoms with Gasteiger partial charge in [0.1, 0.15) is 0 Å². The van der Waals surface area contributed by atoms with Crippen LogP contribution >= 0.6 is 0 Å². The predicted octanol–water partition coefficient (Wildman–Crippen LogP) is 4.10. The molecule has 2 N–H and O–H groups in total. The largest absolute Gasteiger partial charge is 0.392 e. The number of nitrogens with one attached hydrogen (secondary N) is 1. The van der Waals surface area contributed by atoms with E-state index < -0.39 is 5.82 Å². The zero-order valence-electron chi connectivity index (χ0n) is 14.1. The molecule has 26 heavy (non-hydrogen) atoms. The second-order valence-corrected chi connectivity index (χ2v) is 6.08. The number of benzene rings is 2. The molecule has 0 aliphatic heterocycles. The zero-order valence-corrected chi connectivity index (χ0v) is 14.1. The summed E-state index contributed by atoms with van der Waals surface area (Å²) in [7, 11) is 0. The molecule has 0 bridgehead atoms. The van der Waals surface area contributed by atoms with Gasteiger partial charge >= 0.3 is 0 Å². The van der Waals surface area contributed by atoms with E-state index in [2.05, 4.69) is 15.3 Å². The van der Waals surface area contributed by atoms with Crippen molar-refractivity contribution in [2.75, 3.05) is 5.32 Å². The summed E-state index contributed by atoms with van der Waals surface area (Å²) >= 11 is 0. The van der Waals surface area contributed by atoms with Gasteiger partial charge in [0.05, 0.1) is 12.8 Å². The van der Waals surface area contributed by atoms with Crippen LogP contribution in [0.4, 0.5) is 16.0 Å². The number of hydrogen-bond acceptors (Lipinski definition) is 4. The van der Waals surface area contributed by atoms with Crippen LogP contribution < -0.4 is 5.32 Å². The molecule has 0 amide bonds. The second kappa shape index (κ2) is 6.57. The molecule has 0 saturated heterocycles. The monoisotopic (exact) mass is 348 g/mol. The number of fused-ring (bicyclic) bond motifs is 1. The Labute approximate surface area is 149 Å². The molecule has 0 unspecified atom stereocenters. The third kappa shape index (κ3) is 3.02. The molecule has 0 aliphatic rings. The highest BCUT2D eigenvalue weighted by Gasteiger charge is 2.12. The molecule has 0 radical (unpaired) electrons. The van der Waals surface area contributed by atoms with Crippen molar-refractivity contribution in [3.63, 3.8) is 0 Å². The first-order valence-corrected chi connectivity index (χ1v) is 8.21. The lowest BCUT2D eigenvalue weighted by molar-refractivity contribution is 0.281. The second-order valence-electron chi connectivity index (χ2n) is 6.08. The van der Waals surface area contributed by atoms with E-state index in [1.807, 2.05) is 49.4 Å². The van der Waals surface area contributed by atoms with Crippen molar-refractivity contribution < 1.29 is 9.50 Å². The minimum Gasteiger partial charge on any atom is -0.392 e. The van der Waals surface area contributed by atoms with Gasteiger partial charge in [0.25, 0.3) is 0 Å². The Morgan fingerprint density at radius 2 is 1.92 bits per heavy atom. The van der Waals surface area contributed by atoms with Crippen LogP contribution in [0.3, 0.4) is 0 Å². The minimum absolute atomic E-state index is 0.103. The molecule has 130 valence electrons. The maximum Gasteiger partial charge on any atom is 0.229 e. The lowest BCUT2D eigenvalue weighted by Gasteiger charge is -2.09. The Kier molecular flexibility index (Phi) is 4.10. The van der Waals surface area contributed by atoms with Crippen molar-refractivity contribution in [2.24, 2.45) is 0 Å². The highest BCUT2D eigenvalue weighted by molar-refractivity contribution is 5.86. The molecule has 5 nitrogen and oxygen atoms in total. The van der Waals surface area contributed by atoms with Crippen LogP contribution in [0.5, 0.6) is 0 Å². The zero-order chi connectivity index (χ0) is 18.1. The molecule has 2 heterocycles. The van der Waals surface area contributed by atoms with Crippen molar-refractivity contribution >= 4 is 22.4 Å². The Balaban J connectivity index is 1.68. The lowest BCUT2D eigenvalue weighted by Crippen LogP contribution is -2.04. The van der Waals surface area contributed by atoms with E-state index in [0.29, 0.717) is 5.95 Å². The number of nitrogens with zero attached hydrogens (tertiary/aromatic N) is 3. The molecule has 0 fully saturated rings. The Bertz CT molecular complexity index is 1090. The van der Waals surface area contributed by atoms with Gasteiger partial charge in [0.2, 0.25) is 5.95 Å². The van der Waals surface area contributed by atoms with Crippen molar-refractivity contribution in [1.29, 1.82) is 0 Å². The van der Waals surface area contributed by atoms with Gasteiger partial charge in [0, 0.05) is 18.1 Å². The molecule has 0 saturated carbocycles. The van der Waals surface area contributed by atoms with Crippen LogP contribution in [0.25, 0.3) is 16.6 Å². The summed E-state index contributed by atoms with van der Waals surface area (Å²) in [5.41, 5.74) is 2.42. The number of aromatic nitrogens is 3. The number of anilines is 2. The van der Waals surface area contributed by atoms with Crippen LogP contribution in [0.15, 0.2) is 61.1 Å². The van der Waals surface area contributed by atoms with E-state index in [1.165, 1.54) is 0 Å². The molecular weight excluding hydrogens is 331 g/mol. The molecule has 2 aromatic carbocycles. The third-order valence-corrected chi connectivity index (χ3v) is 4.28. The molecule has 0 aliphatic carbocycles. The quantitative estimate of drug-likeness (QED) is 0.583. The maximum atomic E-state index is 14.2. The van der Waals surface area contributed by atoms with E-state index in [-0.39, 0.29) is 12.4 Å². The Hall–Kier alpha value is -3.25. The molecular formula is C20H17FN4O. The first-order valence-electron chi connectivity index (χ1n) is 8.21. The van der Waals surface area contributed by atoms with Crippen molar-refractivity contribution in [1.82, 2.24) is 14.5 Å². The van der Waals surface area contributed by atoms with Crippen LogP contribution in [-0.4, -0.2) is 19.6 Å². The number of halogens is 1. The van der Waals surface area contributed by atoms with E-state index in [1.54, 1.807) is 17.0 Å². The summed E-state index contributed by atoms with van der Waals surface area (Å²) in [6, 6.07) is 14.0. The van der Waals surface area contributed by atoms with E-state index >= 15 is 0 Å². The summed E-state index contributed by atoms with van der Waals surface area (Å²) in [5, 5.41) is 14.7. The number of aliphatic hydroxyl groups excluding tert-OH is 1. The van der Waals surface area contributed by atoms with Gasteiger partial charge in [-0.15, -0.1) is 0 Å². The van der Waals surface area contributed by atoms with Crippen molar-refractivity contribution in [3.05, 3.63) is 78.0 Å². The van der Waals surface area contributed by atoms with Gasteiger partial charge in [0.15, 0.2) is 11.6 Å². The number of aryl methyl sites for hydroxylation is 1. The summed E-state index contributed by atoms with van der Waals surface area (Å²) in [6.07, 6.45) is 4.54. The van der Waals surface area contributed by atoms with E-state index in [9.17, 15) is 9.50 Å². The van der Waals surface area contributed by atoms with Gasteiger partial charge in [-0.05, 0) is 41.0 Å². The topological polar surface area (TPSA) is 63.0 Å². The van der Waals surface area contributed by atoms with Gasteiger partial charge in [-0.1, -0.05) is 30.3 Å². The average Bonchev–Trinajstić information content (AvgIpc) is 3.04. The molecule has 6 heteroatoms. The van der Waals surface area contributed by atoms with E-state index in [0.717, 1.165) is 33.8 Å². The maximum absolute atomic E-state index is 14.2. The number of aliphatic hydroxyl groups is 1. The molecule has 4 aromatic rings. The predicted molar refractivity (Wildman–Crippen MR) is 99.2 cm³/mol. The molecule has 4 rings (SSSR count). The molecule has 0 atom stereocenters. The number of rotatable bonds is 4. The normalized spacial score (nSPS) is 11.0. The van der Waals surface area contributed by atoms with Gasteiger partial charge in [-0.3, -0.25) is 0 Å². The average molecular weight is 348 g/mol. The summed E-state index contributed by atoms with van der Waals surface area (Å²) in [5.74, 6) is -0.103. The fourth-order valence-corrected chi connectivity index (χ4v) is 2.88. The van der Waals surface area contributed by atoms with Gasteiger partial charge in [-0.25, -0.2) is 9.37 Å². The standard InChI is InChI=1S/C20H17FN4O/c1-13-10-25(11-16(13)12-26)19-18(21)9-22-20(24-19)23-17-7-6-14-4-2-3-5-15(14)8-17/h2-11,26H,12H2,1H3,(H,22,23,24). The smallest absolute Gasteiger partial charge is 0.229 e. The van der Waals surface area contributed by atoms with Crippen molar-refractivity contribution in [3.8, 4) is 5.82 Å².